The zero-order chi connectivity index (χ0) is 15.1. The van der Waals surface area contributed by atoms with Crippen LogP contribution in [0.4, 0.5) is 8.78 Å². The van der Waals surface area contributed by atoms with Crippen LogP contribution in [0.5, 0.6) is 0 Å². The minimum atomic E-state index is -3.65. The lowest BCUT2D eigenvalue weighted by molar-refractivity contribution is -0.139. The minimum absolute atomic E-state index is 0.0969. The van der Waals surface area contributed by atoms with Gasteiger partial charge in [0.1, 0.15) is 17.7 Å². The molecule has 1 fully saturated rings. The van der Waals surface area contributed by atoms with Crippen LogP contribution in [0.2, 0.25) is 0 Å². The molecular formula is C12H13F2NO4S. The quantitative estimate of drug-likeness (QED) is 0.844. The van der Waals surface area contributed by atoms with Crippen molar-refractivity contribution in [3.8, 4) is 0 Å². The van der Waals surface area contributed by atoms with Crippen LogP contribution >= 0.6 is 0 Å². The van der Waals surface area contributed by atoms with Gasteiger partial charge in [-0.15, -0.1) is 0 Å². The van der Waals surface area contributed by atoms with Crippen molar-refractivity contribution in [2.24, 2.45) is 0 Å². The molecule has 1 saturated heterocycles. The van der Waals surface area contributed by atoms with Gasteiger partial charge in [0, 0.05) is 11.6 Å². The van der Waals surface area contributed by atoms with E-state index < -0.39 is 51.0 Å². The maximum Gasteiger partial charge on any atom is 0.321 e. The van der Waals surface area contributed by atoms with E-state index in [1.165, 1.54) is 6.92 Å². The summed E-state index contributed by atoms with van der Waals surface area (Å²) in [6.07, 6.45) is 0. The molecule has 0 bridgehead atoms. The number of sulfone groups is 1. The highest BCUT2D eigenvalue weighted by atomic mass is 32.2. The molecule has 8 heteroatoms. The van der Waals surface area contributed by atoms with Crippen LogP contribution < -0.4 is 5.32 Å². The Kier molecular flexibility index (Phi) is 3.79. The van der Waals surface area contributed by atoms with Crippen LogP contribution in [0.25, 0.3) is 0 Å². The van der Waals surface area contributed by atoms with Crippen LogP contribution in [-0.4, -0.2) is 37.0 Å². The van der Waals surface area contributed by atoms with E-state index in [2.05, 4.69) is 5.32 Å². The fourth-order valence-corrected chi connectivity index (χ4v) is 3.83. The summed E-state index contributed by atoms with van der Waals surface area (Å²) in [5.74, 6) is -3.79. The van der Waals surface area contributed by atoms with Crippen molar-refractivity contribution in [1.29, 1.82) is 0 Å². The van der Waals surface area contributed by atoms with E-state index in [1.807, 2.05) is 0 Å². The molecule has 2 rings (SSSR count). The number of aryl methyl sites for hydroxylation is 1. The second kappa shape index (κ2) is 5.10. The number of hydrogen-bond acceptors (Lipinski definition) is 4. The average Bonchev–Trinajstić information content (AvgIpc) is 2.31. The molecule has 0 spiro atoms. The van der Waals surface area contributed by atoms with Crippen molar-refractivity contribution in [3.63, 3.8) is 0 Å². The molecule has 1 heterocycles. The first-order chi connectivity index (χ1) is 9.19. The number of halogens is 2. The summed E-state index contributed by atoms with van der Waals surface area (Å²) >= 11 is 0. The zero-order valence-corrected chi connectivity index (χ0v) is 11.4. The van der Waals surface area contributed by atoms with Gasteiger partial charge in [-0.25, -0.2) is 17.2 Å². The monoisotopic (exact) mass is 305 g/mol. The second-order valence-electron chi connectivity index (χ2n) is 4.81. The fraction of sp³-hybridized carbons (Fsp3) is 0.417. The molecule has 0 aromatic heterocycles. The van der Waals surface area contributed by atoms with Crippen LogP contribution in [0.15, 0.2) is 12.1 Å². The molecule has 2 N–H and O–H groups in total. The standard InChI is InChI=1S/C12H13F2NO4S/c1-6-2-9(14)7(3-8(6)13)10-4-20(18,19)5-11(15-10)12(16)17/h2-3,10-11,15H,4-5H2,1H3,(H,16,17). The number of nitrogens with one attached hydrogen (secondary N) is 1. The van der Waals surface area contributed by atoms with Crippen LogP contribution in [-0.2, 0) is 14.6 Å². The van der Waals surface area contributed by atoms with Crippen molar-refractivity contribution in [2.75, 3.05) is 11.5 Å². The molecule has 1 aliphatic rings. The molecule has 2 atom stereocenters. The third-order valence-corrected chi connectivity index (χ3v) is 4.88. The molecule has 1 aromatic carbocycles. The van der Waals surface area contributed by atoms with E-state index in [0.29, 0.717) is 0 Å². The molecule has 0 saturated carbocycles. The predicted molar refractivity (Wildman–Crippen MR) is 67.0 cm³/mol. The molecule has 0 aliphatic carbocycles. The van der Waals surface area contributed by atoms with Crippen LogP contribution in [0.1, 0.15) is 17.2 Å². The van der Waals surface area contributed by atoms with E-state index in [4.69, 9.17) is 5.11 Å². The summed E-state index contributed by atoms with van der Waals surface area (Å²) in [4.78, 5) is 10.9. The number of carbonyl (C=O) groups is 1. The normalized spacial score (nSPS) is 25.4. The number of aliphatic carboxylic acids is 1. The van der Waals surface area contributed by atoms with Gasteiger partial charge in [-0.1, -0.05) is 0 Å². The van der Waals surface area contributed by atoms with E-state index >= 15 is 0 Å². The molecule has 5 nitrogen and oxygen atoms in total. The lowest BCUT2D eigenvalue weighted by atomic mass is 10.0. The van der Waals surface area contributed by atoms with Crippen molar-refractivity contribution < 1.29 is 27.1 Å². The molecule has 1 aromatic rings. The van der Waals surface area contributed by atoms with Crippen LogP contribution in [0.3, 0.4) is 0 Å². The van der Waals surface area contributed by atoms with Crippen molar-refractivity contribution >= 4 is 15.8 Å². The summed E-state index contributed by atoms with van der Waals surface area (Å²) in [5.41, 5.74) is -0.0812. The van der Waals surface area contributed by atoms with Gasteiger partial charge >= 0.3 is 5.97 Å². The first-order valence-corrected chi connectivity index (χ1v) is 7.66. The predicted octanol–water partition coefficient (Wildman–Crippen LogP) is 0.786. The van der Waals surface area contributed by atoms with E-state index in [-0.39, 0.29) is 11.1 Å². The lowest BCUT2D eigenvalue weighted by Gasteiger charge is -2.29. The van der Waals surface area contributed by atoms with Crippen LogP contribution in [0, 0.1) is 18.6 Å². The van der Waals surface area contributed by atoms with Gasteiger partial charge in [-0.05, 0) is 24.6 Å². The van der Waals surface area contributed by atoms with E-state index in [0.717, 1.165) is 12.1 Å². The first-order valence-electron chi connectivity index (χ1n) is 5.84. The summed E-state index contributed by atoms with van der Waals surface area (Å²) < 4.78 is 50.7. The van der Waals surface area contributed by atoms with Gasteiger partial charge in [0.05, 0.1) is 11.5 Å². The Labute approximate surface area is 114 Å². The van der Waals surface area contributed by atoms with Gasteiger partial charge in [-0.3, -0.25) is 10.1 Å². The van der Waals surface area contributed by atoms with Gasteiger partial charge < -0.3 is 5.11 Å². The molecule has 0 amide bonds. The van der Waals surface area contributed by atoms with Crippen molar-refractivity contribution in [2.45, 2.75) is 19.0 Å². The largest absolute Gasteiger partial charge is 0.480 e. The summed E-state index contributed by atoms with van der Waals surface area (Å²) in [5, 5.41) is 11.4. The number of hydrogen-bond donors (Lipinski definition) is 2. The Morgan fingerprint density at radius 2 is 1.95 bits per heavy atom. The molecule has 1 aliphatic heterocycles. The molecular weight excluding hydrogens is 292 g/mol. The molecule has 20 heavy (non-hydrogen) atoms. The Hall–Kier alpha value is -1.54. The maximum atomic E-state index is 13.8. The fourth-order valence-electron chi connectivity index (χ4n) is 2.17. The average molecular weight is 305 g/mol. The molecule has 0 radical (unpaired) electrons. The zero-order valence-electron chi connectivity index (χ0n) is 10.6. The molecule has 2 unspecified atom stereocenters. The second-order valence-corrected chi connectivity index (χ2v) is 6.96. The highest BCUT2D eigenvalue weighted by Gasteiger charge is 2.36. The maximum absolute atomic E-state index is 13.8. The Balaban J connectivity index is 2.41. The highest BCUT2D eigenvalue weighted by molar-refractivity contribution is 7.91. The Bertz CT molecular complexity index is 660. The SMILES string of the molecule is Cc1cc(F)c(C2CS(=O)(=O)CC(C(=O)O)N2)cc1F. The Morgan fingerprint density at radius 1 is 1.30 bits per heavy atom. The third-order valence-electron chi connectivity index (χ3n) is 3.20. The van der Waals surface area contributed by atoms with E-state index in [9.17, 15) is 22.0 Å². The minimum Gasteiger partial charge on any atom is -0.480 e. The number of carboxylic acids is 1. The molecule has 110 valence electrons. The Morgan fingerprint density at radius 3 is 2.55 bits per heavy atom. The third kappa shape index (κ3) is 2.96. The van der Waals surface area contributed by atoms with E-state index in [1.54, 1.807) is 0 Å². The summed E-state index contributed by atoms with van der Waals surface area (Å²) in [7, 11) is -3.65. The number of benzene rings is 1. The summed E-state index contributed by atoms with van der Waals surface area (Å²) in [6, 6.07) is -0.543. The highest BCUT2D eigenvalue weighted by Crippen LogP contribution is 2.25. The van der Waals surface area contributed by atoms with Crippen molar-refractivity contribution in [1.82, 2.24) is 5.32 Å². The lowest BCUT2D eigenvalue weighted by Crippen LogP contribution is -2.51. The number of rotatable bonds is 2. The van der Waals surface area contributed by atoms with Gasteiger partial charge in [-0.2, -0.15) is 0 Å². The smallest absolute Gasteiger partial charge is 0.321 e. The first kappa shape index (κ1) is 14.9. The summed E-state index contributed by atoms with van der Waals surface area (Å²) in [6.45, 7) is 1.38. The van der Waals surface area contributed by atoms with Gasteiger partial charge in [0.2, 0.25) is 0 Å². The number of carboxylic acid groups (broad SMARTS) is 1. The van der Waals surface area contributed by atoms with Gasteiger partial charge in [0.25, 0.3) is 0 Å². The van der Waals surface area contributed by atoms with Crippen molar-refractivity contribution in [3.05, 3.63) is 34.9 Å². The van der Waals surface area contributed by atoms with Gasteiger partial charge in [0.15, 0.2) is 9.84 Å². The topological polar surface area (TPSA) is 83.5 Å².